The monoisotopic (exact) mass is 609 g/mol. The fraction of sp³-hybridized carbons (Fsp3) is 0.440. The predicted molar refractivity (Wildman–Crippen MR) is 152 cm³/mol. The van der Waals surface area contributed by atoms with Crippen LogP contribution in [0, 0.1) is 0 Å². The highest BCUT2D eigenvalue weighted by molar-refractivity contribution is 7.92. The van der Waals surface area contributed by atoms with Crippen molar-refractivity contribution in [1.29, 1.82) is 0 Å². The van der Waals surface area contributed by atoms with Crippen LogP contribution in [-0.2, 0) is 26.2 Å². The average molecular weight is 611 g/mol. The van der Waals surface area contributed by atoms with E-state index in [-0.39, 0.29) is 48.5 Å². The molecule has 2 amide bonds. The Morgan fingerprint density at radius 3 is 2.24 bits per heavy atom. The summed E-state index contributed by atoms with van der Waals surface area (Å²) in [5, 5.41) is 4.15. The van der Waals surface area contributed by atoms with Gasteiger partial charge in [0.15, 0.2) is 0 Å². The minimum absolute atomic E-state index is 0.0115. The van der Waals surface area contributed by atoms with E-state index in [0.29, 0.717) is 27.2 Å². The summed E-state index contributed by atoms with van der Waals surface area (Å²) in [6.45, 7) is 4.16. The minimum atomic E-state index is -3.71. The first-order valence-corrected chi connectivity index (χ1v) is 15.2. The maximum absolute atomic E-state index is 13.4. The lowest BCUT2D eigenvalue weighted by Crippen LogP contribution is -2.48. The number of unbranched alkanes of at least 4 members (excludes halogenated alkanes) is 1. The molecule has 0 heterocycles. The van der Waals surface area contributed by atoms with Crippen molar-refractivity contribution < 1.29 is 18.0 Å². The van der Waals surface area contributed by atoms with Gasteiger partial charge in [-0.2, -0.15) is 0 Å². The van der Waals surface area contributed by atoms with Crippen LogP contribution in [0.15, 0.2) is 36.4 Å². The molecule has 2 rings (SSSR count). The number of anilines is 1. The zero-order valence-electron chi connectivity index (χ0n) is 20.9. The molecule has 0 spiro atoms. The van der Waals surface area contributed by atoms with Crippen molar-refractivity contribution in [2.45, 2.75) is 52.1 Å². The topological polar surface area (TPSA) is 86.8 Å². The van der Waals surface area contributed by atoms with Crippen LogP contribution in [0.1, 0.15) is 45.1 Å². The van der Waals surface area contributed by atoms with Gasteiger partial charge in [-0.05, 0) is 50.1 Å². The number of halogens is 4. The van der Waals surface area contributed by atoms with E-state index in [1.165, 1.54) is 17.0 Å². The van der Waals surface area contributed by atoms with Crippen molar-refractivity contribution >= 4 is 73.9 Å². The number of benzene rings is 2. The Balaban J connectivity index is 2.23. The third-order valence-electron chi connectivity index (χ3n) is 5.72. The second-order valence-corrected chi connectivity index (χ2v) is 12.1. The number of amides is 2. The van der Waals surface area contributed by atoms with Crippen LogP contribution in [0.4, 0.5) is 5.69 Å². The van der Waals surface area contributed by atoms with Gasteiger partial charge in [0, 0.05) is 46.7 Å². The summed E-state index contributed by atoms with van der Waals surface area (Å²) >= 11 is 25.0. The molecule has 2 aromatic rings. The van der Waals surface area contributed by atoms with E-state index in [9.17, 15) is 18.0 Å². The standard InChI is InChI=1S/C25H31Cl4N3O4S/c1-4-5-13-30-25(34)17(2)31(16-19-20(27)8-6-9-21(19)28)24(33)10-7-14-32(37(3,35)36)23-15-18(26)11-12-22(23)29/h6,8-9,11-12,15,17H,4-5,7,10,13-14,16H2,1-3H3,(H,30,34)/t17-/m0/s1. The third-order valence-corrected chi connectivity index (χ3v) is 8.16. The summed E-state index contributed by atoms with van der Waals surface area (Å²) in [6.07, 6.45) is 2.93. The molecule has 2 aromatic carbocycles. The maximum atomic E-state index is 13.4. The molecule has 1 N–H and O–H groups in total. The Morgan fingerprint density at radius 2 is 1.65 bits per heavy atom. The molecule has 0 aromatic heterocycles. The van der Waals surface area contributed by atoms with E-state index in [4.69, 9.17) is 46.4 Å². The van der Waals surface area contributed by atoms with Crippen LogP contribution >= 0.6 is 46.4 Å². The van der Waals surface area contributed by atoms with Crippen molar-refractivity contribution in [3.8, 4) is 0 Å². The van der Waals surface area contributed by atoms with Crippen LogP contribution < -0.4 is 9.62 Å². The van der Waals surface area contributed by atoms with Crippen molar-refractivity contribution in [2.75, 3.05) is 23.7 Å². The minimum Gasteiger partial charge on any atom is -0.354 e. The first kappa shape index (κ1) is 31.5. The summed E-state index contributed by atoms with van der Waals surface area (Å²) in [7, 11) is -3.71. The lowest BCUT2D eigenvalue weighted by atomic mass is 10.1. The molecule has 0 aliphatic carbocycles. The lowest BCUT2D eigenvalue weighted by Gasteiger charge is -2.30. The average Bonchev–Trinajstić information content (AvgIpc) is 2.82. The Morgan fingerprint density at radius 1 is 1.00 bits per heavy atom. The highest BCUT2D eigenvalue weighted by Crippen LogP contribution is 2.31. The molecule has 12 heteroatoms. The summed E-state index contributed by atoms with van der Waals surface area (Å²) < 4.78 is 26.1. The highest BCUT2D eigenvalue weighted by Gasteiger charge is 2.28. The Hall–Kier alpha value is -1.71. The number of carbonyl (C=O) groups is 2. The first-order chi connectivity index (χ1) is 17.4. The van der Waals surface area contributed by atoms with Crippen LogP contribution in [-0.4, -0.2) is 50.5 Å². The van der Waals surface area contributed by atoms with E-state index in [0.717, 1.165) is 23.4 Å². The molecule has 0 unspecified atom stereocenters. The first-order valence-electron chi connectivity index (χ1n) is 11.8. The Labute approximate surface area is 239 Å². The fourth-order valence-corrected chi connectivity index (χ4v) is 5.55. The van der Waals surface area contributed by atoms with Gasteiger partial charge < -0.3 is 10.2 Å². The normalized spacial score (nSPS) is 12.2. The van der Waals surface area contributed by atoms with Gasteiger partial charge in [-0.1, -0.05) is 65.8 Å². The molecule has 1 atom stereocenters. The van der Waals surface area contributed by atoms with Gasteiger partial charge in [0.05, 0.1) is 17.0 Å². The number of nitrogens with zero attached hydrogens (tertiary/aromatic N) is 2. The molecule has 0 saturated carbocycles. The van der Waals surface area contributed by atoms with Gasteiger partial charge in [-0.15, -0.1) is 0 Å². The molecular formula is C25H31Cl4N3O4S. The second kappa shape index (κ2) is 14.4. The quantitative estimate of drug-likeness (QED) is 0.274. The Kier molecular flexibility index (Phi) is 12.3. The second-order valence-electron chi connectivity index (χ2n) is 8.58. The molecule has 0 bridgehead atoms. The predicted octanol–water partition coefficient (Wildman–Crippen LogP) is 6.18. The highest BCUT2D eigenvalue weighted by atomic mass is 35.5. The van der Waals surface area contributed by atoms with Crippen LogP contribution in [0.3, 0.4) is 0 Å². The zero-order valence-corrected chi connectivity index (χ0v) is 24.8. The molecule has 0 aliphatic rings. The molecule has 0 aliphatic heterocycles. The molecule has 37 heavy (non-hydrogen) atoms. The van der Waals surface area contributed by atoms with Crippen LogP contribution in [0.25, 0.3) is 0 Å². The SMILES string of the molecule is CCCCNC(=O)[C@H](C)N(Cc1c(Cl)cccc1Cl)C(=O)CCCN(c1cc(Cl)ccc1Cl)S(C)(=O)=O. The lowest BCUT2D eigenvalue weighted by molar-refractivity contribution is -0.140. The van der Waals surface area contributed by atoms with E-state index in [2.05, 4.69) is 5.32 Å². The van der Waals surface area contributed by atoms with Crippen molar-refractivity contribution in [1.82, 2.24) is 10.2 Å². The number of rotatable bonds is 13. The number of hydrogen-bond acceptors (Lipinski definition) is 4. The van der Waals surface area contributed by atoms with Crippen molar-refractivity contribution in [2.24, 2.45) is 0 Å². The van der Waals surface area contributed by atoms with E-state index < -0.39 is 16.1 Å². The number of hydrogen-bond donors (Lipinski definition) is 1. The van der Waals surface area contributed by atoms with Crippen molar-refractivity contribution in [3.05, 3.63) is 62.1 Å². The smallest absolute Gasteiger partial charge is 0.242 e. The molecular weight excluding hydrogens is 580 g/mol. The van der Waals surface area contributed by atoms with E-state index >= 15 is 0 Å². The van der Waals surface area contributed by atoms with Gasteiger partial charge in [0.25, 0.3) is 0 Å². The zero-order chi connectivity index (χ0) is 27.8. The van der Waals surface area contributed by atoms with Gasteiger partial charge in [-0.3, -0.25) is 13.9 Å². The van der Waals surface area contributed by atoms with Gasteiger partial charge in [0.2, 0.25) is 21.8 Å². The molecule has 0 radical (unpaired) electrons. The number of nitrogens with one attached hydrogen (secondary N) is 1. The maximum Gasteiger partial charge on any atom is 0.242 e. The summed E-state index contributed by atoms with van der Waals surface area (Å²) in [5.41, 5.74) is 0.753. The molecule has 0 fully saturated rings. The van der Waals surface area contributed by atoms with Crippen LogP contribution in [0.5, 0.6) is 0 Å². The van der Waals surface area contributed by atoms with E-state index in [1.54, 1.807) is 31.2 Å². The van der Waals surface area contributed by atoms with Gasteiger partial charge >= 0.3 is 0 Å². The largest absolute Gasteiger partial charge is 0.354 e. The number of carbonyl (C=O) groups excluding carboxylic acids is 2. The summed E-state index contributed by atoms with van der Waals surface area (Å²) in [4.78, 5) is 27.6. The molecule has 7 nitrogen and oxygen atoms in total. The molecule has 0 saturated heterocycles. The molecule has 204 valence electrons. The number of sulfonamides is 1. The summed E-state index contributed by atoms with van der Waals surface area (Å²) in [5.74, 6) is -0.645. The van der Waals surface area contributed by atoms with Crippen LogP contribution in [0.2, 0.25) is 20.1 Å². The summed E-state index contributed by atoms with van der Waals surface area (Å²) in [6, 6.07) is 8.75. The van der Waals surface area contributed by atoms with E-state index in [1.807, 2.05) is 6.92 Å². The van der Waals surface area contributed by atoms with Gasteiger partial charge in [-0.25, -0.2) is 8.42 Å². The Bertz CT molecular complexity index is 1190. The van der Waals surface area contributed by atoms with Gasteiger partial charge in [0.1, 0.15) is 6.04 Å². The van der Waals surface area contributed by atoms with Crippen molar-refractivity contribution in [3.63, 3.8) is 0 Å². The fourth-order valence-electron chi connectivity index (χ4n) is 3.63. The third kappa shape index (κ3) is 9.21.